The van der Waals surface area contributed by atoms with Crippen LogP contribution in [-0.2, 0) is 4.79 Å². The van der Waals surface area contributed by atoms with Gasteiger partial charge in [0, 0.05) is 6.08 Å². The van der Waals surface area contributed by atoms with Crippen LogP contribution < -0.4 is 15.5 Å². The van der Waals surface area contributed by atoms with E-state index in [2.05, 4.69) is 5.32 Å². The van der Waals surface area contributed by atoms with Crippen molar-refractivity contribution in [2.24, 2.45) is 0 Å². The third-order valence-corrected chi connectivity index (χ3v) is 4.03. The highest BCUT2D eigenvalue weighted by Gasteiger charge is 2.16. The van der Waals surface area contributed by atoms with Crippen molar-refractivity contribution in [2.75, 3.05) is 12.4 Å². The number of methoxy groups -OCH3 is 1. The second-order valence-corrected chi connectivity index (χ2v) is 5.98. The van der Waals surface area contributed by atoms with Gasteiger partial charge in [-0.2, -0.15) is 0 Å². The number of rotatable bonds is 5. The van der Waals surface area contributed by atoms with Crippen molar-refractivity contribution in [1.29, 1.82) is 0 Å². The minimum atomic E-state index is -0.628. The lowest BCUT2D eigenvalue weighted by Gasteiger charge is -2.05. The summed E-state index contributed by atoms with van der Waals surface area (Å²) in [6.45, 7) is 1.86. The minimum Gasteiger partial charge on any atom is -0.496 e. The van der Waals surface area contributed by atoms with E-state index in [4.69, 9.17) is 9.15 Å². The summed E-state index contributed by atoms with van der Waals surface area (Å²) in [6, 6.07) is 9.31. The number of carbonyl (C=O) groups excluding carboxylic acids is 1. The molecule has 0 bridgehead atoms. The van der Waals surface area contributed by atoms with E-state index >= 15 is 0 Å². The lowest BCUT2D eigenvalue weighted by atomic mass is 10.1. The number of nitrogens with one attached hydrogen (secondary N) is 1. The molecule has 0 unspecified atom stereocenters. The number of amides is 1. The van der Waals surface area contributed by atoms with Crippen molar-refractivity contribution in [2.45, 2.75) is 6.92 Å². The summed E-state index contributed by atoms with van der Waals surface area (Å²) in [7, 11) is 1.39. The molecular weight excluding hydrogens is 364 g/mol. The fraction of sp³-hybridized carbons (Fsp3) is 0.100. The number of ether oxygens (including phenoxy) is 1. The Balaban J connectivity index is 1.85. The van der Waals surface area contributed by atoms with Crippen molar-refractivity contribution < 1.29 is 18.9 Å². The van der Waals surface area contributed by atoms with Gasteiger partial charge in [-0.3, -0.25) is 19.7 Å². The average Bonchev–Trinajstić information content (AvgIpc) is 2.68. The molecule has 1 heterocycles. The number of fused-ring (bicyclic) bond motifs is 1. The second-order valence-electron chi connectivity index (χ2n) is 5.98. The van der Waals surface area contributed by atoms with Gasteiger partial charge in [0.25, 0.3) is 5.69 Å². The van der Waals surface area contributed by atoms with E-state index < -0.39 is 10.8 Å². The van der Waals surface area contributed by atoms with Crippen molar-refractivity contribution >= 4 is 34.3 Å². The van der Waals surface area contributed by atoms with Gasteiger partial charge in [-0.1, -0.05) is 11.6 Å². The molecule has 1 aromatic heterocycles. The lowest BCUT2D eigenvalue weighted by Crippen LogP contribution is -2.10. The predicted molar refractivity (Wildman–Crippen MR) is 105 cm³/mol. The zero-order chi connectivity index (χ0) is 20.3. The van der Waals surface area contributed by atoms with Crippen LogP contribution in [0.25, 0.3) is 17.0 Å². The summed E-state index contributed by atoms with van der Waals surface area (Å²) in [6.07, 6.45) is 3.68. The van der Waals surface area contributed by atoms with Crippen LogP contribution in [0.5, 0.6) is 5.75 Å². The van der Waals surface area contributed by atoms with E-state index in [0.29, 0.717) is 16.7 Å². The number of nitro benzene ring substituents is 1. The molecule has 3 aromatic rings. The van der Waals surface area contributed by atoms with Gasteiger partial charge in [0.2, 0.25) is 5.91 Å². The topological polar surface area (TPSA) is 112 Å². The number of nitrogens with zero attached hydrogens (tertiary/aromatic N) is 1. The average molecular weight is 380 g/mol. The Morgan fingerprint density at radius 3 is 2.75 bits per heavy atom. The summed E-state index contributed by atoms with van der Waals surface area (Å²) in [5.74, 6) is -0.332. The maximum Gasteiger partial charge on any atom is 0.296 e. The maximum atomic E-state index is 12.5. The molecule has 0 spiro atoms. The fourth-order valence-corrected chi connectivity index (χ4v) is 2.61. The fourth-order valence-electron chi connectivity index (χ4n) is 2.61. The number of anilines is 1. The molecule has 0 fully saturated rings. The van der Waals surface area contributed by atoms with Gasteiger partial charge >= 0.3 is 0 Å². The number of hydrogen-bond acceptors (Lipinski definition) is 6. The Labute approximate surface area is 159 Å². The van der Waals surface area contributed by atoms with Crippen LogP contribution in [0.3, 0.4) is 0 Å². The zero-order valence-electron chi connectivity index (χ0n) is 15.1. The van der Waals surface area contributed by atoms with E-state index in [1.807, 2.05) is 13.0 Å². The maximum absolute atomic E-state index is 12.5. The summed E-state index contributed by atoms with van der Waals surface area (Å²) in [5.41, 5.74) is 0.988. The molecule has 28 heavy (non-hydrogen) atoms. The van der Waals surface area contributed by atoms with Crippen molar-refractivity contribution in [3.8, 4) is 5.75 Å². The molecule has 8 nitrogen and oxygen atoms in total. The van der Waals surface area contributed by atoms with Crippen LogP contribution in [0.2, 0.25) is 0 Å². The minimum absolute atomic E-state index is 0.0154. The molecule has 0 saturated carbocycles. The largest absolute Gasteiger partial charge is 0.496 e. The quantitative estimate of drug-likeness (QED) is 0.411. The number of nitro groups is 1. The molecule has 0 radical (unpaired) electrons. The third kappa shape index (κ3) is 3.90. The number of benzene rings is 2. The van der Waals surface area contributed by atoms with Gasteiger partial charge in [0.15, 0.2) is 5.43 Å². The Kier molecular flexibility index (Phi) is 5.21. The molecule has 0 saturated heterocycles. The highest BCUT2D eigenvalue weighted by Crippen LogP contribution is 2.28. The molecule has 1 N–H and O–H groups in total. The SMILES string of the molecule is COc1ccc(NC(=O)/C=C/c2coc3ccc(C)cc3c2=O)c([N+](=O)[O-])c1. The third-order valence-electron chi connectivity index (χ3n) is 4.03. The van der Waals surface area contributed by atoms with Gasteiger partial charge in [0.1, 0.15) is 23.3 Å². The Hall–Kier alpha value is -3.94. The Morgan fingerprint density at radius 2 is 2.04 bits per heavy atom. The summed E-state index contributed by atoms with van der Waals surface area (Å²) in [4.78, 5) is 35.2. The molecule has 0 aliphatic carbocycles. The van der Waals surface area contributed by atoms with E-state index in [1.54, 1.807) is 12.1 Å². The first-order valence-electron chi connectivity index (χ1n) is 8.22. The van der Waals surface area contributed by atoms with Crippen LogP contribution in [-0.4, -0.2) is 17.9 Å². The van der Waals surface area contributed by atoms with Crippen molar-refractivity contribution in [3.63, 3.8) is 0 Å². The van der Waals surface area contributed by atoms with Gasteiger partial charge in [-0.25, -0.2) is 0 Å². The number of hydrogen-bond donors (Lipinski definition) is 1. The molecular formula is C20H16N2O6. The number of carbonyl (C=O) groups is 1. The molecule has 1 amide bonds. The van der Waals surface area contributed by atoms with Gasteiger partial charge in [-0.15, -0.1) is 0 Å². The van der Waals surface area contributed by atoms with Gasteiger partial charge < -0.3 is 14.5 Å². The summed E-state index contributed by atoms with van der Waals surface area (Å²) >= 11 is 0. The zero-order valence-corrected chi connectivity index (χ0v) is 15.1. The first kappa shape index (κ1) is 18.8. The first-order chi connectivity index (χ1) is 13.4. The summed E-state index contributed by atoms with van der Waals surface area (Å²) in [5, 5.41) is 14.0. The molecule has 0 aliphatic rings. The Morgan fingerprint density at radius 1 is 1.25 bits per heavy atom. The lowest BCUT2D eigenvalue weighted by molar-refractivity contribution is -0.384. The smallest absolute Gasteiger partial charge is 0.296 e. The predicted octanol–water partition coefficient (Wildman–Crippen LogP) is 3.67. The molecule has 0 atom stereocenters. The normalized spacial score (nSPS) is 10.9. The Bertz CT molecular complexity index is 1160. The molecule has 8 heteroatoms. The van der Waals surface area contributed by atoms with E-state index in [1.165, 1.54) is 37.6 Å². The highest BCUT2D eigenvalue weighted by molar-refractivity contribution is 6.03. The summed E-state index contributed by atoms with van der Waals surface area (Å²) < 4.78 is 10.4. The first-order valence-corrected chi connectivity index (χ1v) is 8.22. The van der Waals surface area contributed by atoms with Gasteiger partial charge in [0.05, 0.1) is 29.0 Å². The monoisotopic (exact) mass is 380 g/mol. The van der Waals surface area contributed by atoms with Crippen molar-refractivity contribution in [3.05, 3.63) is 80.2 Å². The van der Waals surface area contributed by atoms with Crippen LogP contribution in [0.4, 0.5) is 11.4 Å². The second kappa shape index (κ2) is 7.75. The molecule has 3 rings (SSSR count). The highest BCUT2D eigenvalue weighted by atomic mass is 16.6. The molecule has 142 valence electrons. The van der Waals surface area contributed by atoms with Crippen LogP contribution in [0.1, 0.15) is 11.1 Å². The molecule has 2 aromatic carbocycles. The van der Waals surface area contributed by atoms with Gasteiger partial charge in [-0.05, 0) is 37.3 Å². The van der Waals surface area contributed by atoms with Crippen LogP contribution in [0, 0.1) is 17.0 Å². The van der Waals surface area contributed by atoms with Crippen molar-refractivity contribution in [1.82, 2.24) is 0 Å². The van der Waals surface area contributed by atoms with Crippen LogP contribution in [0.15, 0.2) is 57.9 Å². The van der Waals surface area contributed by atoms with E-state index in [-0.39, 0.29) is 22.4 Å². The standard InChI is InChI=1S/C20H16N2O6/c1-12-3-7-18-15(9-12)20(24)13(11-28-18)4-8-19(23)21-16-6-5-14(27-2)10-17(16)22(25)26/h3-11H,1-2H3,(H,21,23)/b8-4+. The van der Waals surface area contributed by atoms with E-state index in [0.717, 1.165) is 11.6 Å². The van der Waals surface area contributed by atoms with E-state index in [9.17, 15) is 19.7 Å². The van der Waals surface area contributed by atoms with Crippen LogP contribution >= 0.6 is 0 Å². The number of aryl methyl sites for hydroxylation is 1. The molecule has 0 aliphatic heterocycles.